The molecule has 114 valence electrons. The summed E-state index contributed by atoms with van der Waals surface area (Å²) in [6.45, 7) is 4.22. The number of hydrogen-bond donors (Lipinski definition) is 2. The van der Waals surface area contributed by atoms with Crippen molar-refractivity contribution in [3.05, 3.63) is 24.3 Å². The van der Waals surface area contributed by atoms with Gasteiger partial charge in [0.2, 0.25) is 11.8 Å². The average molecular weight is 290 g/mol. The summed E-state index contributed by atoms with van der Waals surface area (Å²) in [6, 6.07) is 6.63. The third-order valence-electron chi connectivity index (χ3n) is 3.66. The average Bonchev–Trinajstić information content (AvgIpc) is 2.39. The van der Waals surface area contributed by atoms with Crippen LogP contribution in [0.1, 0.15) is 33.1 Å². The first-order valence-electron chi connectivity index (χ1n) is 7.44. The third kappa shape index (κ3) is 4.21. The van der Waals surface area contributed by atoms with E-state index in [1.165, 1.54) is 0 Å². The van der Waals surface area contributed by atoms with Crippen molar-refractivity contribution in [3.63, 3.8) is 0 Å². The fourth-order valence-electron chi connectivity index (χ4n) is 2.12. The number of ether oxygens (including phenoxy) is 1. The molecule has 0 spiro atoms. The highest BCUT2D eigenvalue weighted by molar-refractivity contribution is 5.97. The predicted molar refractivity (Wildman–Crippen MR) is 81.2 cm³/mol. The first kappa shape index (κ1) is 15.4. The van der Waals surface area contributed by atoms with Crippen molar-refractivity contribution in [1.29, 1.82) is 0 Å². The Kier molecular flexibility index (Phi) is 5.20. The molecule has 1 aliphatic carbocycles. The topological polar surface area (TPSA) is 67.4 Å². The molecule has 2 amide bonds. The number of benzene rings is 1. The summed E-state index contributed by atoms with van der Waals surface area (Å²) in [5.74, 6) is 0.620. The fraction of sp³-hybridized carbons (Fsp3) is 0.500. The Morgan fingerprint density at radius 1 is 1.29 bits per heavy atom. The van der Waals surface area contributed by atoms with Gasteiger partial charge >= 0.3 is 0 Å². The molecule has 1 atom stereocenters. The maximum Gasteiger partial charge on any atom is 0.246 e. The molecule has 1 saturated carbocycles. The van der Waals surface area contributed by atoms with Gasteiger partial charge in [-0.15, -0.1) is 0 Å². The highest BCUT2D eigenvalue weighted by Crippen LogP contribution is 2.26. The summed E-state index contributed by atoms with van der Waals surface area (Å²) in [5, 5.41) is 5.54. The number of nitrogens with one attached hydrogen (secondary N) is 2. The first-order valence-corrected chi connectivity index (χ1v) is 7.44. The molecule has 21 heavy (non-hydrogen) atoms. The lowest BCUT2D eigenvalue weighted by molar-refractivity contribution is -0.130. The van der Waals surface area contributed by atoms with E-state index >= 15 is 0 Å². The molecule has 1 fully saturated rings. The van der Waals surface area contributed by atoms with E-state index in [2.05, 4.69) is 10.6 Å². The van der Waals surface area contributed by atoms with Gasteiger partial charge in [-0.3, -0.25) is 9.59 Å². The predicted octanol–water partition coefficient (Wildman–Crippen LogP) is 2.33. The highest BCUT2D eigenvalue weighted by atomic mass is 16.5. The zero-order valence-electron chi connectivity index (χ0n) is 12.5. The van der Waals surface area contributed by atoms with E-state index in [-0.39, 0.29) is 17.7 Å². The highest BCUT2D eigenvalue weighted by Gasteiger charge is 2.27. The van der Waals surface area contributed by atoms with Crippen LogP contribution in [0.25, 0.3) is 0 Å². The van der Waals surface area contributed by atoms with Crippen molar-refractivity contribution in [2.45, 2.75) is 39.2 Å². The Bertz CT molecular complexity index is 495. The number of carbonyl (C=O) groups is 2. The zero-order chi connectivity index (χ0) is 15.2. The van der Waals surface area contributed by atoms with Gasteiger partial charge in [0.1, 0.15) is 11.8 Å². The summed E-state index contributed by atoms with van der Waals surface area (Å²) in [4.78, 5) is 23.8. The Balaban J connectivity index is 1.83. The van der Waals surface area contributed by atoms with E-state index in [9.17, 15) is 9.59 Å². The van der Waals surface area contributed by atoms with E-state index in [4.69, 9.17) is 4.74 Å². The van der Waals surface area contributed by atoms with Crippen LogP contribution in [-0.2, 0) is 9.59 Å². The molecule has 2 N–H and O–H groups in total. The van der Waals surface area contributed by atoms with Crippen LogP contribution in [0, 0.1) is 5.92 Å². The molecule has 1 aromatic rings. The Labute approximate surface area is 125 Å². The summed E-state index contributed by atoms with van der Waals surface area (Å²) in [5.41, 5.74) is 0.688. The lowest BCUT2D eigenvalue weighted by Crippen LogP contribution is -2.45. The molecule has 2 rings (SSSR count). The first-order chi connectivity index (χ1) is 10.1. The van der Waals surface area contributed by atoms with Gasteiger partial charge in [0, 0.05) is 11.6 Å². The van der Waals surface area contributed by atoms with Crippen LogP contribution in [0.5, 0.6) is 5.75 Å². The summed E-state index contributed by atoms with van der Waals surface area (Å²) >= 11 is 0. The Morgan fingerprint density at radius 2 is 1.95 bits per heavy atom. The van der Waals surface area contributed by atoms with Gasteiger partial charge in [0.25, 0.3) is 0 Å². The molecule has 5 heteroatoms. The number of amides is 2. The molecule has 0 heterocycles. The molecular weight excluding hydrogens is 268 g/mol. The van der Waals surface area contributed by atoms with Gasteiger partial charge in [0.15, 0.2) is 0 Å². The monoisotopic (exact) mass is 290 g/mol. The third-order valence-corrected chi connectivity index (χ3v) is 3.66. The van der Waals surface area contributed by atoms with Gasteiger partial charge in [-0.1, -0.05) is 6.42 Å². The maximum absolute atomic E-state index is 12.0. The SMILES string of the molecule is CCOc1ccc(NC(=O)[C@H](C)NC(=O)C2CCC2)cc1. The van der Waals surface area contributed by atoms with Gasteiger partial charge in [-0.2, -0.15) is 0 Å². The molecule has 1 aromatic carbocycles. The van der Waals surface area contributed by atoms with Crippen molar-refractivity contribution in [1.82, 2.24) is 5.32 Å². The van der Waals surface area contributed by atoms with Crippen LogP contribution < -0.4 is 15.4 Å². The van der Waals surface area contributed by atoms with Crippen LogP contribution in [0.15, 0.2) is 24.3 Å². The minimum absolute atomic E-state index is 0.0180. The van der Waals surface area contributed by atoms with Crippen molar-refractivity contribution in [3.8, 4) is 5.75 Å². The minimum Gasteiger partial charge on any atom is -0.494 e. The number of hydrogen-bond acceptors (Lipinski definition) is 3. The molecule has 0 unspecified atom stereocenters. The quantitative estimate of drug-likeness (QED) is 0.845. The normalized spacial score (nSPS) is 15.7. The second-order valence-corrected chi connectivity index (χ2v) is 5.30. The van der Waals surface area contributed by atoms with Crippen LogP contribution in [0.2, 0.25) is 0 Å². The molecule has 0 bridgehead atoms. The van der Waals surface area contributed by atoms with Crippen LogP contribution in [0.4, 0.5) is 5.69 Å². The van der Waals surface area contributed by atoms with Crippen molar-refractivity contribution in [2.24, 2.45) is 5.92 Å². The van der Waals surface area contributed by atoms with E-state index in [0.717, 1.165) is 25.0 Å². The second-order valence-electron chi connectivity index (χ2n) is 5.30. The lowest BCUT2D eigenvalue weighted by atomic mass is 9.84. The summed E-state index contributed by atoms with van der Waals surface area (Å²) < 4.78 is 5.34. The molecular formula is C16H22N2O3. The number of anilines is 1. The van der Waals surface area contributed by atoms with E-state index < -0.39 is 6.04 Å². The molecule has 0 aliphatic heterocycles. The lowest BCUT2D eigenvalue weighted by Gasteiger charge is -2.25. The fourth-order valence-corrected chi connectivity index (χ4v) is 2.12. The molecule has 0 radical (unpaired) electrons. The van der Waals surface area contributed by atoms with E-state index in [0.29, 0.717) is 12.3 Å². The smallest absolute Gasteiger partial charge is 0.246 e. The summed E-state index contributed by atoms with van der Waals surface area (Å²) in [6.07, 6.45) is 2.96. The Morgan fingerprint density at radius 3 is 2.48 bits per heavy atom. The van der Waals surface area contributed by atoms with Gasteiger partial charge in [-0.05, 0) is 51.0 Å². The molecule has 0 aromatic heterocycles. The van der Waals surface area contributed by atoms with Crippen LogP contribution in [0.3, 0.4) is 0 Å². The van der Waals surface area contributed by atoms with Gasteiger partial charge in [-0.25, -0.2) is 0 Å². The number of rotatable bonds is 6. The molecule has 1 aliphatic rings. The van der Waals surface area contributed by atoms with Gasteiger partial charge < -0.3 is 15.4 Å². The standard InChI is InChI=1S/C16H22N2O3/c1-3-21-14-9-7-13(8-10-14)18-15(19)11(2)17-16(20)12-5-4-6-12/h7-12H,3-6H2,1-2H3,(H,17,20)(H,18,19)/t11-/m0/s1. The molecule has 0 saturated heterocycles. The zero-order valence-corrected chi connectivity index (χ0v) is 12.5. The number of carbonyl (C=O) groups excluding carboxylic acids is 2. The minimum atomic E-state index is -0.537. The largest absolute Gasteiger partial charge is 0.494 e. The van der Waals surface area contributed by atoms with Gasteiger partial charge in [0.05, 0.1) is 6.61 Å². The second kappa shape index (κ2) is 7.11. The van der Waals surface area contributed by atoms with Crippen LogP contribution >= 0.6 is 0 Å². The van der Waals surface area contributed by atoms with Crippen molar-refractivity contribution < 1.29 is 14.3 Å². The molecule has 5 nitrogen and oxygen atoms in total. The van der Waals surface area contributed by atoms with E-state index in [1.54, 1.807) is 31.2 Å². The van der Waals surface area contributed by atoms with Crippen LogP contribution in [-0.4, -0.2) is 24.5 Å². The van der Waals surface area contributed by atoms with Crippen molar-refractivity contribution >= 4 is 17.5 Å². The van der Waals surface area contributed by atoms with Crippen molar-refractivity contribution in [2.75, 3.05) is 11.9 Å². The Hall–Kier alpha value is -2.04. The van der Waals surface area contributed by atoms with E-state index in [1.807, 2.05) is 6.92 Å². The maximum atomic E-state index is 12.0. The summed E-state index contributed by atoms with van der Waals surface area (Å²) in [7, 11) is 0.